The molecule has 1 saturated heterocycles. The lowest BCUT2D eigenvalue weighted by molar-refractivity contribution is 0.0650. The van der Waals surface area contributed by atoms with Crippen molar-refractivity contribution in [2.75, 3.05) is 44.2 Å². The van der Waals surface area contributed by atoms with Crippen LogP contribution in [0, 0.1) is 0 Å². The molecule has 0 aliphatic carbocycles. The molecule has 0 unspecified atom stereocenters. The summed E-state index contributed by atoms with van der Waals surface area (Å²) >= 11 is 12.3. The highest BCUT2D eigenvalue weighted by Crippen LogP contribution is 2.29. The summed E-state index contributed by atoms with van der Waals surface area (Å²) in [5, 5.41) is 1.34. The van der Waals surface area contributed by atoms with Crippen molar-refractivity contribution in [2.45, 2.75) is 12.8 Å². The van der Waals surface area contributed by atoms with Crippen LogP contribution in [0.15, 0.2) is 42.5 Å². The zero-order valence-corrected chi connectivity index (χ0v) is 17.6. The molecular weight excluding hydrogens is 409 g/mol. The smallest absolute Gasteiger partial charge is 0.261 e. The number of hydrogen-bond acceptors (Lipinski definition) is 4. The number of rotatable bonds is 6. The van der Waals surface area contributed by atoms with E-state index in [2.05, 4.69) is 9.80 Å². The van der Waals surface area contributed by atoms with Gasteiger partial charge in [0.05, 0.1) is 21.8 Å². The van der Waals surface area contributed by atoms with Gasteiger partial charge >= 0.3 is 0 Å². The lowest BCUT2D eigenvalue weighted by Crippen LogP contribution is -2.46. The minimum Gasteiger partial charge on any atom is -0.368 e. The van der Waals surface area contributed by atoms with Crippen molar-refractivity contribution >= 4 is 40.7 Å². The van der Waals surface area contributed by atoms with Gasteiger partial charge in [-0.25, -0.2) is 0 Å². The zero-order chi connectivity index (χ0) is 20.4. The van der Waals surface area contributed by atoms with Gasteiger partial charge < -0.3 is 4.90 Å². The van der Waals surface area contributed by atoms with Crippen LogP contribution in [0.2, 0.25) is 10.0 Å². The average Bonchev–Trinajstić information content (AvgIpc) is 2.97. The van der Waals surface area contributed by atoms with E-state index in [1.807, 2.05) is 12.1 Å². The molecular formula is C22H23Cl2N3O2. The molecule has 2 aromatic carbocycles. The van der Waals surface area contributed by atoms with Crippen molar-refractivity contribution in [2.24, 2.45) is 0 Å². The second-order valence-corrected chi connectivity index (χ2v) is 8.28. The van der Waals surface area contributed by atoms with Crippen molar-refractivity contribution in [3.8, 4) is 0 Å². The second-order valence-electron chi connectivity index (χ2n) is 7.44. The summed E-state index contributed by atoms with van der Waals surface area (Å²) < 4.78 is 0. The van der Waals surface area contributed by atoms with E-state index in [1.165, 1.54) is 4.90 Å². The summed E-state index contributed by atoms with van der Waals surface area (Å²) in [6.45, 7) is 5.20. The number of carbonyl (C=O) groups is 2. The van der Waals surface area contributed by atoms with Crippen molar-refractivity contribution in [3.63, 3.8) is 0 Å². The van der Waals surface area contributed by atoms with Crippen LogP contribution in [0.4, 0.5) is 5.69 Å². The average molecular weight is 432 g/mol. The maximum atomic E-state index is 12.4. The number of imide groups is 1. The van der Waals surface area contributed by atoms with Crippen LogP contribution in [0.5, 0.6) is 0 Å². The lowest BCUT2D eigenvalue weighted by Gasteiger charge is -2.36. The standard InChI is InChI=1S/C22H23Cl2N3O2/c23-16-7-8-20(19(24)15-16)26-13-11-25(12-14-26)9-3-4-10-27-21(28)17-5-1-2-6-18(17)22(27)29/h1-2,5-8,15H,3-4,9-14H2. The number of fused-ring (bicyclic) bond motifs is 1. The first kappa shape index (κ1) is 20.2. The van der Waals surface area contributed by atoms with E-state index in [9.17, 15) is 9.59 Å². The predicted molar refractivity (Wildman–Crippen MR) is 116 cm³/mol. The zero-order valence-electron chi connectivity index (χ0n) is 16.1. The Kier molecular flexibility index (Phi) is 6.09. The highest BCUT2D eigenvalue weighted by atomic mass is 35.5. The monoisotopic (exact) mass is 431 g/mol. The molecule has 0 radical (unpaired) electrons. The minimum atomic E-state index is -0.168. The summed E-state index contributed by atoms with van der Waals surface area (Å²) in [5.74, 6) is -0.335. The largest absolute Gasteiger partial charge is 0.368 e. The number of amides is 2. The third-order valence-corrected chi connectivity index (χ3v) is 6.14. The summed E-state index contributed by atoms with van der Waals surface area (Å²) in [7, 11) is 0. The normalized spacial score (nSPS) is 17.2. The van der Waals surface area contributed by atoms with Crippen molar-refractivity contribution in [3.05, 3.63) is 63.6 Å². The Morgan fingerprint density at radius 2 is 1.41 bits per heavy atom. The van der Waals surface area contributed by atoms with E-state index in [0.29, 0.717) is 27.7 Å². The van der Waals surface area contributed by atoms with E-state index in [1.54, 1.807) is 30.3 Å². The molecule has 0 spiro atoms. The molecule has 5 nitrogen and oxygen atoms in total. The Morgan fingerprint density at radius 1 is 0.793 bits per heavy atom. The Bertz CT molecular complexity index is 891. The molecule has 7 heteroatoms. The lowest BCUT2D eigenvalue weighted by atomic mass is 10.1. The Hall–Kier alpha value is -2.08. The topological polar surface area (TPSA) is 43.9 Å². The molecule has 1 fully saturated rings. The first-order valence-electron chi connectivity index (χ1n) is 9.92. The quantitative estimate of drug-likeness (QED) is 0.507. The molecule has 0 saturated carbocycles. The van der Waals surface area contributed by atoms with Crippen LogP contribution in [0.1, 0.15) is 33.6 Å². The van der Waals surface area contributed by atoms with Crippen LogP contribution in [0.3, 0.4) is 0 Å². The van der Waals surface area contributed by atoms with Crippen molar-refractivity contribution < 1.29 is 9.59 Å². The molecule has 4 rings (SSSR count). The number of halogens is 2. The van der Waals surface area contributed by atoms with E-state index in [-0.39, 0.29) is 11.8 Å². The molecule has 2 aliphatic rings. The fourth-order valence-corrected chi connectivity index (χ4v) is 4.53. The third kappa shape index (κ3) is 4.27. The second kappa shape index (κ2) is 8.74. The molecule has 0 aromatic heterocycles. The summed E-state index contributed by atoms with van der Waals surface area (Å²) in [6.07, 6.45) is 1.77. The van der Waals surface area contributed by atoms with E-state index < -0.39 is 0 Å². The van der Waals surface area contributed by atoms with Gasteiger partial charge in [-0.1, -0.05) is 35.3 Å². The number of benzene rings is 2. The van der Waals surface area contributed by atoms with Crippen molar-refractivity contribution in [1.82, 2.24) is 9.80 Å². The molecule has 0 N–H and O–H groups in total. The summed E-state index contributed by atoms with van der Waals surface area (Å²) in [4.78, 5) is 30.9. The number of hydrogen-bond donors (Lipinski definition) is 0. The van der Waals surface area contributed by atoms with Crippen LogP contribution >= 0.6 is 23.2 Å². The molecule has 29 heavy (non-hydrogen) atoms. The highest BCUT2D eigenvalue weighted by Gasteiger charge is 2.34. The SMILES string of the molecule is O=C1c2ccccc2C(=O)N1CCCCN1CCN(c2ccc(Cl)cc2Cl)CC1. The summed E-state index contributed by atoms with van der Waals surface area (Å²) in [6, 6.07) is 12.7. The maximum Gasteiger partial charge on any atom is 0.261 e. The van der Waals surface area contributed by atoms with Gasteiger partial charge in [0.15, 0.2) is 0 Å². The van der Waals surface area contributed by atoms with Gasteiger partial charge in [-0.3, -0.25) is 19.4 Å². The molecule has 2 amide bonds. The van der Waals surface area contributed by atoms with Crippen molar-refractivity contribution in [1.29, 1.82) is 0 Å². The number of nitrogens with zero attached hydrogens (tertiary/aromatic N) is 3. The number of piperazine rings is 1. The third-order valence-electron chi connectivity index (χ3n) is 5.61. The van der Waals surface area contributed by atoms with Gasteiger partial charge in [0.2, 0.25) is 0 Å². The van der Waals surface area contributed by atoms with E-state index in [0.717, 1.165) is 51.3 Å². The fraction of sp³-hybridized carbons (Fsp3) is 0.364. The predicted octanol–water partition coefficient (Wildman–Crippen LogP) is 4.19. The summed E-state index contributed by atoms with van der Waals surface area (Å²) in [5.41, 5.74) is 2.07. The van der Waals surface area contributed by atoms with Gasteiger partial charge in [-0.15, -0.1) is 0 Å². The van der Waals surface area contributed by atoms with Gasteiger partial charge in [0.25, 0.3) is 11.8 Å². The molecule has 0 atom stereocenters. The van der Waals surface area contributed by atoms with Gasteiger partial charge in [0, 0.05) is 37.7 Å². The number of unbranched alkanes of at least 4 members (excludes halogenated alkanes) is 1. The molecule has 2 aliphatic heterocycles. The molecule has 2 heterocycles. The maximum absolute atomic E-state index is 12.4. The first-order chi connectivity index (χ1) is 14.0. The number of anilines is 1. The van der Waals surface area contributed by atoms with Gasteiger partial charge in [-0.2, -0.15) is 0 Å². The van der Waals surface area contributed by atoms with Gasteiger partial charge in [-0.05, 0) is 49.7 Å². The molecule has 152 valence electrons. The molecule has 0 bridgehead atoms. The van der Waals surface area contributed by atoms with Crippen LogP contribution in [-0.4, -0.2) is 60.9 Å². The van der Waals surface area contributed by atoms with Crippen LogP contribution in [0.25, 0.3) is 0 Å². The minimum absolute atomic E-state index is 0.168. The fourth-order valence-electron chi connectivity index (χ4n) is 4.00. The van der Waals surface area contributed by atoms with Crippen LogP contribution < -0.4 is 4.90 Å². The molecule has 2 aromatic rings. The Balaban J connectivity index is 1.21. The number of carbonyl (C=O) groups excluding carboxylic acids is 2. The first-order valence-corrected chi connectivity index (χ1v) is 10.7. The van der Waals surface area contributed by atoms with E-state index >= 15 is 0 Å². The Morgan fingerprint density at radius 3 is 2.03 bits per heavy atom. The van der Waals surface area contributed by atoms with Crippen LogP contribution in [-0.2, 0) is 0 Å². The highest BCUT2D eigenvalue weighted by molar-refractivity contribution is 6.36. The Labute approximate surface area is 180 Å². The van der Waals surface area contributed by atoms with Gasteiger partial charge in [0.1, 0.15) is 0 Å². The van der Waals surface area contributed by atoms with E-state index in [4.69, 9.17) is 23.2 Å².